The smallest absolute Gasteiger partial charge is 0.407 e. The third kappa shape index (κ3) is 4.93. The highest BCUT2D eigenvalue weighted by Crippen LogP contribution is 2.30. The van der Waals surface area contributed by atoms with Crippen molar-refractivity contribution >= 4 is 34.4 Å². The molecule has 0 atom stereocenters. The van der Waals surface area contributed by atoms with Crippen molar-refractivity contribution in [2.75, 3.05) is 43.0 Å². The molecule has 0 bridgehead atoms. The van der Waals surface area contributed by atoms with Gasteiger partial charge in [0.15, 0.2) is 0 Å². The monoisotopic (exact) mass is 465 g/mol. The van der Waals surface area contributed by atoms with E-state index in [2.05, 4.69) is 24.1 Å². The van der Waals surface area contributed by atoms with Gasteiger partial charge in [-0.05, 0) is 43.2 Å². The predicted molar refractivity (Wildman–Crippen MR) is 132 cm³/mol. The fourth-order valence-corrected chi connectivity index (χ4v) is 4.14. The number of carbonyl (C=O) groups excluding carboxylic acids is 1. The predicted octanol–water partition coefficient (Wildman–Crippen LogP) is 4.14. The number of piperazine rings is 1. The Balaban J connectivity index is 1.48. The molecule has 9 heteroatoms. The maximum Gasteiger partial charge on any atom is 0.407 e. The minimum Gasteiger partial charge on any atom is -0.493 e. The first kappa shape index (κ1) is 23.4. The summed E-state index contributed by atoms with van der Waals surface area (Å²) in [5.74, 6) is 1.74. The van der Waals surface area contributed by atoms with Gasteiger partial charge in [-0.3, -0.25) is 4.79 Å². The summed E-state index contributed by atoms with van der Waals surface area (Å²) in [6.45, 7) is 9.54. The molecule has 0 unspecified atom stereocenters. The number of nitrogens with zero attached hydrogens (tertiary/aromatic N) is 4. The number of pyridine rings is 1. The highest BCUT2D eigenvalue weighted by molar-refractivity contribution is 6.07. The number of hydrogen-bond acceptors (Lipinski definition) is 5. The van der Waals surface area contributed by atoms with Crippen molar-refractivity contribution in [2.45, 2.75) is 27.3 Å². The number of aromatic nitrogens is 2. The molecule has 0 saturated carbocycles. The van der Waals surface area contributed by atoms with Gasteiger partial charge in [-0.25, -0.2) is 9.78 Å². The Morgan fingerprint density at radius 3 is 2.53 bits per heavy atom. The molecule has 1 saturated heterocycles. The van der Waals surface area contributed by atoms with Crippen LogP contribution in [0.15, 0.2) is 42.6 Å². The Labute approximate surface area is 198 Å². The summed E-state index contributed by atoms with van der Waals surface area (Å²) in [6, 6.07) is 11.4. The summed E-state index contributed by atoms with van der Waals surface area (Å²) in [5.41, 5.74) is 2.12. The van der Waals surface area contributed by atoms with E-state index >= 15 is 0 Å². The quantitative estimate of drug-likeness (QED) is 0.544. The van der Waals surface area contributed by atoms with Crippen LogP contribution in [0.3, 0.4) is 0 Å². The average Bonchev–Trinajstić information content (AvgIpc) is 3.22. The first-order chi connectivity index (χ1) is 16.4. The normalized spacial score (nSPS) is 14.0. The zero-order valence-corrected chi connectivity index (χ0v) is 19.8. The van der Waals surface area contributed by atoms with Crippen LogP contribution in [0.2, 0.25) is 0 Å². The number of anilines is 2. The number of amides is 2. The van der Waals surface area contributed by atoms with E-state index in [1.807, 2.05) is 52.8 Å². The molecule has 9 nitrogen and oxygen atoms in total. The van der Waals surface area contributed by atoms with Gasteiger partial charge in [-0.2, -0.15) is 0 Å². The van der Waals surface area contributed by atoms with Crippen LogP contribution >= 0.6 is 0 Å². The molecule has 1 fully saturated rings. The Kier molecular flexibility index (Phi) is 6.90. The van der Waals surface area contributed by atoms with Gasteiger partial charge >= 0.3 is 6.09 Å². The van der Waals surface area contributed by atoms with E-state index in [4.69, 9.17) is 9.84 Å². The Morgan fingerprint density at radius 1 is 1.15 bits per heavy atom. The van der Waals surface area contributed by atoms with E-state index in [1.54, 1.807) is 6.20 Å². The summed E-state index contributed by atoms with van der Waals surface area (Å²) in [4.78, 5) is 32.2. The van der Waals surface area contributed by atoms with E-state index in [9.17, 15) is 9.59 Å². The molecule has 0 spiro atoms. The van der Waals surface area contributed by atoms with Crippen LogP contribution in [0.5, 0.6) is 5.75 Å². The lowest BCUT2D eigenvalue weighted by Gasteiger charge is -2.33. The van der Waals surface area contributed by atoms with Gasteiger partial charge in [0.2, 0.25) is 0 Å². The van der Waals surface area contributed by atoms with Crippen molar-refractivity contribution in [2.24, 2.45) is 5.92 Å². The number of ether oxygens (including phenoxy) is 1. The number of rotatable bonds is 7. The van der Waals surface area contributed by atoms with Gasteiger partial charge in [0.1, 0.15) is 17.3 Å². The minimum atomic E-state index is -0.895. The van der Waals surface area contributed by atoms with E-state index < -0.39 is 6.09 Å². The average molecular weight is 466 g/mol. The van der Waals surface area contributed by atoms with E-state index in [0.717, 1.165) is 22.5 Å². The van der Waals surface area contributed by atoms with Gasteiger partial charge in [0.05, 0.1) is 24.0 Å². The molecule has 2 amide bonds. The van der Waals surface area contributed by atoms with Crippen LogP contribution in [-0.2, 0) is 6.54 Å². The minimum absolute atomic E-state index is 0.211. The van der Waals surface area contributed by atoms with Crippen molar-refractivity contribution in [3.05, 3.63) is 48.3 Å². The van der Waals surface area contributed by atoms with Crippen LogP contribution in [0.4, 0.5) is 16.3 Å². The SMILES string of the molecule is CCn1c(C(=O)Nc2ccc(N3CCN(C(=O)O)CC3)nc2)cc2c(OCC(C)C)cccc21. The zero-order chi connectivity index (χ0) is 24.2. The summed E-state index contributed by atoms with van der Waals surface area (Å²) < 4.78 is 7.97. The molecule has 0 aliphatic carbocycles. The van der Waals surface area contributed by atoms with Crippen LogP contribution in [0, 0.1) is 5.92 Å². The number of nitrogens with one attached hydrogen (secondary N) is 1. The van der Waals surface area contributed by atoms with Gasteiger partial charge in [-0.1, -0.05) is 19.9 Å². The molecular formula is C25H31N5O4. The first-order valence-electron chi connectivity index (χ1n) is 11.6. The number of fused-ring (bicyclic) bond motifs is 1. The van der Waals surface area contributed by atoms with Gasteiger partial charge in [0, 0.05) is 38.1 Å². The third-order valence-electron chi connectivity index (χ3n) is 5.91. The Morgan fingerprint density at radius 2 is 1.91 bits per heavy atom. The molecule has 3 aromatic rings. The fraction of sp³-hybridized carbons (Fsp3) is 0.400. The molecule has 4 rings (SSSR count). The van der Waals surface area contributed by atoms with E-state index in [0.29, 0.717) is 56.6 Å². The molecule has 1 aromatic carbocycles. The summed E-state index contributed by atoms with van der Waals surface area (Å²) in [5, 5.41) is 13.0. The highest BCUT2D eigenvalue weighted by Gasteiger charge is 2.22. The standard InChI is InChI=1S/C25H31N5O4/c1-4-30-20-6-5-7-22(34-16-17(2)3)19(20)14-21(30)24(31)27-18-8-9-23(26-15-18)28-10-12-29(13-11-28)25(32)33/h5-9,14-15,17H,4,10-13,16H2,1-3H3,(H,27,31)(H,32,33). The van der Waals surface area contributed by atoms with Crippen LogP contribution in [0.25, 0.3) is 10.9 Å². The van der Waals surface area contributed by atoms with Crippen molar-refractivity contribution in [1.29, 1.82) is 0 Å². The molecule has 1 aliphatic rings. The second-order valence-corrected chi connectivity index (χ2v) is 8.78. The van der Waals surface area contributed by atoms with Gasteiger partial charge < -0.3 is 29.5 Å². The Hall–Kier alpha value is -3.75. The lowest BCUT2D eigenvalue weighted by atomic mass is 10.2. The van der Waals surface area contributed by atoms with E-state index in [-0.39, 0.29) is 5.91 Å². The highest BCUT2D eigenvalue weighted by atomic mass is 16.5. The number of hydrogen-bond donors (Lipinski definition) is 2. The fourth-order valence-electron chi connectivity index (χ4n) is 4.14. The summed E-state index contributed by atoms with van der Waals surface area (Å²) >= 11 is 0. The summed E-state index contributed by atoms with van der Waals surface area (Å²) in [7, 11) is 0. The lowest BCUT2D eigenvalue weighted by Crippen LogP contribution is -2.48. The largest absolute Gasteiger partial charge is 0.493 e. The molecule has 2 N–H and O–H groups in total. The maximum atomic E-state index is 13.2. The zero-order valence-electron chi connectivity index (χ0n) is 19.8. The molecule has 3 heterocycles. The van der Waals surface area contributed by atoms with Crippen LogP contribution < -0.4 is 15.0 Å². The number of aryl methyl sites for hydroxylation is 1. The van der Waals surface area contributed by atoms with Crippen molar-refractivity contribution in [1.82, 2.24) is 14.5 Å². The van der Waals surface area contributed by atoms with Crippen molar-refractivity contribution in [3.63, 3.8) is 0 Å². The first-order valence-corrected chi connectivity index (χ1v) is 11.6. The lowest BCUT2D eigenvalue weighted by molar-refractivity contribution is 0.101. The number of carboxylic acid groups (broad SMARTS) is 1. The second kappa shape index (κ2) is 10.0. The van der Waals surface area contributed by atoms with Crippen molar-refractivity contribution in [3.8, 4) is 5.75 Å². The summed E-state index contributed by atoms with van der Waals surface area (Å²) in [6.07, 6.45) is 0.737. The van der Waals surface area contributed by atoms with Crippen LogP contribution in [-0.4, -0.2) is 64.3 Å². The van der Waals surface area contributed by atoms with Gasteiger partial charge in [-0.15, -0.1) is 0 Å². The molecule has 180 valence electrons. The molecule has 2 aromatic heterocycles. The van der Waals surface area contributed by atoms with Crippen molar-refractivity contribution < 1.29 is 19.4 Å². The van der Waals surface area contributed by atoms with E-state index in [1.165, 1.54) is 4.90 Å². The third-order valence-corrected chi connectivity index (χ3v) is 5.91. The number of carbonyl (C=O) groups is 2. The number of benzene rings is 1. The topological polar surface area (TPSA) is 99.9 Å². The van der Waals surface area contributed by atoms with Crippen LogP contribution in [0.1, 0.15) is 31.3 Å². The molecule has 0 radical (unpaired) electrons. The second-order valence-electron chi connectivity index (χ2n) is 8.78. The Bertz CT molecular complexity index is 1160. The maximum absolute atomic E-state index is 13.2. The molecule has 1 aliphatic heterocycles. The van der Waals surface area contributed by atoms with Gasteiger partial charge in [0.25, 0.3) is 5.91 Å². The molecular weight excluding hydrogens is 434 g/mol. The molecule has 34 heavy (non-hydrogen) atoms.